The maximum absolute atomic E-state index is 14.5. The molecule has 9 nitrogen and oxygen atoms in total. The summed E-state index contributed by atoms with van der Waals surface area (Å²) in [6.07, 6.45) is -0.848. The summed E-state index contributed by atoms with van der Waals surface area (Å²) in [5.74, 6) is -0.232. The molecular formula is C15H20FN5O4. The first kappa shape index (κ1) is 17.5. The van der Waals surface area contributed by atoms with Crippen molar-refractivity contribution in [3.63, 3.8) is 0 Å². The molecule has 3 heterocycles. The predicted octanol–water partition coefficient (Wildman–Crippen LogP) is 0.738. The number of nitrogens with two attached hydrogens (primary N) is 1. The Morgan fingerprint density at radius 3 is 3.04 bits per heavy atom. The van der Waals surface area contributed by atoms with E-state index in [2.05, 4.69) is 15.0 Å². The Bertz CT molecular complexity index is 755. The number of unbranched alkanes of at least 4 members (excludes halogenated alkanes) is 1. The van der Waals surface area contributed by atoms with Crippen molar-refractivity contribution in [1.29, 1.82) is 0 Å². The summed E-state index contributed by atoms with van der Waals surface area (Å²) in [5, 5.41) is 10.1. The molecule has 3 rings (SSSR count). The molecule has 3 N–H and O–H groups in total. The number of hydrogen-bond donors (Lipinski definition) is 2. The van der Waals surface area contributed by atoms with Crippen LogP contribution in [0.1, 0.15) is 32.4 Å². The van der Waals surface area contributed by atoms with Crippen molar-refractivity contribution in [2.24, 2.45) is 0 Å². The van der Waals surface area contributed by atoms with E-state index in [4.69, 9.17) is 15.2 Å². The molecule has 2 aromatic rings. The summed E-state index contributed by atoms with van der Waals surface area (Å²) in [4.78, 5) is 23.5. The third-order valence-corrected chi connectivity index (χ3v) is 4.10. The van der Waals surface area contributed by atoms with E-state index in [9.17, 15) is 14.3 Å². The first-order valence-corrected chi connectivity index (χ1v) is 8.09. The molecule has 0 aromatic carbocycles. The van der Waals surface area contributed by atoms with E-state index in [1.807, 2.05) is 6.92 Å². The zero-order chi connectivity index (χ0) is 18.0. The fourth-order valence-electron chi connectivity index (χ4n) is 2.69. The van der Waals surface area contributed by atoms with Crippen LogP contribution in [-0.4, -0.2) is 55.6 Å². The van der Waals surface area contributed by atoms with Gasteiger partial charge in [0.1, 0.15) is 30.7 Å². The number of alkyl halides is 1. The van der Waals surface area contributed by atoms with E-state index >= 15 is 0 Å². The summed E-state index contributed by atoms with van der Waals surface area (Å²) < 4.78 is 26.5. The third-order valence-electron chi connectivity index (χ3n) is 4.10. The maximum atomic E-state index is 14.5. The van der Waals surface area contributed by atoms with Gasteiger partial charge in [-0.25, -0.2) is 19.3 Å². The topological polar surface area (TPSA) is 125 Å². The van der Waals surface area contributed by atoms with Gasteiger partial charge in [-0.05, 0) is 6.42 Å². The van der Waals surface area contributed by atoms with E-state index < -0.39 is 30.6 Å². The number of nitrogen functional groups attached to an aromatic ring is 1. The highest BCUT2D eigenvalue weighted by Gasteiger charge is 2.46. The molecule has 0 unspecified atom stereocenters. The molecule has 1 saturated heterocycles. The number of aromatic nitrogens is 4. The van der Waals surface area contributed by atoms with Crippen molar-refractivity contribution < 1.29 is 23.8 Å². The number of imidazole rings is 1. The van der Waals surface area contributed by atoms with Crippen LogP contribution in [-0.2, 0) is 14.3 Å². The van der Waals surface area contributed by atoms with Crippen LogP contribution in [0.15, 0.2) is 12.7 Å². The van der Waals surface area contributed by atoms with Gasteiger partial charge in [-0.1, -0.05) is 13.3 Å². The number of nitrogens with zero attached hydrogens (tertiary/aromatic N) is 4. The largest absolute Gasteiger partial charge is 0.463 e. The van der Waals surface area contributed by atoms with Crippen LogP contribution in [0, 0.1) is 0 Å². The summed E-state index contributed by atoms with van der Waals surface area (Å²) in [6.45, 7) is 1.74. The number of aliphatic hydroxyl groups is 1. The number of anilines is 1. The highest BCUT2D eigenvalue weighted by Crippen LogP contribution is 2.34. The molecule has 10 heteroatoms. The third kappa shape index (κ3) is 3.40. The van der Waals surface area contributed by atoms with Crippen molar-refractivity contribution in [3.8, 4) is 0 Å². The molecular weight excluding hydrogens is 333 g/mol. The highest BCUT2D eigenvalue weighted by molar-refractivity contribution is 5.81. The summed E-state index contributed by atoms with van der Waals surface area (Å²) in [7, 11) is 0. The van der Waals surface area contributed by atoms with Crippen LogP contribution in [0.25, 0.3) is 11.2 Å². The number of rotatable bonds is 6. The summed E-state index contributed by atoms with van der Waals surface area (Å²) >= 11 is 0. The first-order valence-electron chi connectivity index (χ1n) is 8.09. The van der Waals surface area contributed by atoms with E-state index in [0.29, 0.717) is 17.6 Å². The van der Waals surface area contributed by atoms with Gasteiger partial charge in [-0.15, -0.1) is 0 Å². The fraction of sp³-hybridized carbons (Fsp3) is 0.600. The minimum absolute atomic E-state index is 0.166. The van der Waals surface area contributed by atoms with Crippen LogP contribution >= 0.6 is 0 Å². The second kappa shape index (κ2) is 7.28. The Morgan fingerprint density at radius 1 is 1.48 bits per heavy atom. The van der Waals surface area contributed by atoms with E-state index in [-0.39, 0.29) is 18.8 Å². The van der Waals surface area contributed by atoms with Gasteiger partial charge < -0.3 is 20.3 Å². The molecule has 0 bridgehead atoms. The molecule has 25 heavy (non-hydrogen) atoms. The standard InChI is InChI=1S/C15H20FN5O4/c1-2-3-4-9(22)24-5-8-12(23)10(16)15(25-8)21-7-20-11-13(17)18-6-19-14(11)21/h6-8,10,12,15,23H,2-5H2,1H3,(H2,17,18,19)/t8-,10-,12-,15-/m1/s1. The van der Waals surface area contributed by atoms with Crippen LogP contribution in [0.2, 0.25) is 0 Å². The molecule has 0 spiro atoms. The van der Waals surface area contributed by atoms with Crippen LogP contribution in [0.5, 0.6) is 0 Å². The SMILES string of the molecule is CCCCC(=O)OC[C@H]1O[C@@H](n2cnc3c(N)ncnc32)[C@H](F)[C@@H]1O. The predicted molar refractivity (Wildman–Crippen MR) is 85.0 cm³/mol. The zero-order valence-electron chi connectivity index (χ0n) is 13.7. The van der Waals surface area contributed by atoms with Gasteiger partial charge >= 0.3 is 5.97 Å². The molecule has 1 aliphatic heterocycles. The molecule has 4 atom stereocenters. The normalized spacial score (nSPS) is 26.2. The Hall–Kier alpha value is -2.33. The monoisotopic (exact) mass is 353 g/mol. The molecule has 0 saturated carbocycles. The van der Waals surface area contributed by atoms with Crippen LogP contribution in [0.4, 0.5) is 10.2 Å². The Morgan fingerprint density at radius 2 is 2.28 bits per heavy atom. The van der Waals surface area contributed by atoms with Crippen molar-refractivity contribution in [3.05, 3.63) is 12.7 Å². The molecule has 136 valence electrons. The van der Waals surface area contributed by atoms with Crippen molar-refractivity contribution in [2.75, 3.05) is 12.3 Å². The quantitative estimate of drug-likeness (QED) is 0.728. The molecule has 2 aromatic heterocycles. The summed E-state index contributed by atoms with van der Waals surface area (Å²) in [6, 6.07) is 0. The van der Waals surface area contributed by atoms with Gasteiger partial charge in [0.2, 0.25) is 0 Å². The number of carbonyl (C=O) groups is 1. The number of ether oxygens (including phenoxy) is 2. The van der Waals surface area contributed by atoms with Crippen molar-refractivity contribution in [2.45, 2.75) is 50.8 Å². The molecule has 0 amide bonds. The van der Waals surface area contributed by atoms with Gasteiger partial charge in [0.25, 0.3) is 0 Å². The van der Waals surface area contributed by atoms with Gasteiger partial charge in [0.05, 0.1) is 6.33 Å². The molecule has 0 radical (unpaired) electrons. The van der Waals surface area contributed by atoms with Crippen molar-refractivity contribution >= 4 is 23.0 Å². The number of esters is 1. The number of carbonyl (C=O) groups excluding carboxylic acids is 1. The Balaban J connectivity index is 1.71. The van der Waals surface area contributed by atoms with Gasteiger partial charge in [-0.3, -0.25) is 9.36 Å². The zero-order valence-corrected chi connectivity index (χ0v) is 13.7. The number of fused-ring (bicyclic) bond motifs is 1. The van der Waals surface area contributed by atoms with Gasteiger partial charge in [0, 0.05) is 6.42 Å². The average molecular weight is 353 g/mol. The fourth-order valence-corrected chi connectivity index (χ4v) is 2.69. The lowest BCUT2D eigenvalue weighted by Gasteiger charge is -2.15. The van der Waals surface area contributed by atoms with Gasteiger partial charge in [-0.2, -0.15) is 0 Å². The van der Waals surface area contributed by atoms with E-state index in [0.717, 1.165) is 6.42 Å². The van der Waals surface area contributed by atoms with E-state index in [1.54, 1.807) is 0 Å². The first-order chi connectivity index (χ1) is 12.0. The van der Waals surface area contributed by atoms with Gasteiger partial charge in [0.15, 0.2) is 23.9 Å². The Kier molecular flexibility index (Phi) is 5.09. The van der Waals surface area contributed by atoms with Crippen molar-refractivity contribution in [1.82, 2.24) is 19.5 Å². The number of aliphatic hydroxyl groups excluding tert-OH is 1. The number of hydrogen-bond acceptors (Lipinski definition) is 8. The van der Waals surface area contributed by atoms with Crippen LogP contribution < -0.4 is 5.73 Å². The molecule has 0 aliphatic carbocycles. The lowest BCUT2D eigenvalue weighted by molar-refractivity contribution is -0.150. The lowest BCUT2D eigenvalue weighted by Crippen LogP contribution is -2.32. The highest BCUT2D eigenvalue weighted by atomic mass is 19.1. The second-order valence-electron chi connectivity index (χ2n) is 5.87. The second-order valence-corrected chi connectivity index (χ2v) is 5.87. The molecule has 1 aliphatic rings. The summed E-state index contributed by atoms with van der Waals surface area (Å²) in [5.41, 5.74) is 6.33. The minimum atomic E-state index is -1.73. The smallest absolute Gasteiger partial charge is 0.305 e. The minimum Gasteiger partial charge on any atom is -0.463 e. The number of halogens is 1. The molecule has 1 fully saturated rings. The average Bonchev–Trinajstić information content (AvgIpc) is 3.15. The lowest BCUT2D eigenvalue weighted by atomic mass is 10.1. The van der Waals surface area contributed by atoms with Crippen LogP contribution in [0.3, 0.4) is 0 Å². The van der Waals surface area contributed by atoms with E-state index in [1.165, 1.54) is 17.2 Å². The maximum Gasteiger partial charge on any atom is 0.305 e. The Labute approximate surface area is 143 Å².